The van der Waals surface area contributed by atoms with Crippen LogP contribution >= 0.6 is 0 Å². The van der Waals surface area contributed by atoms with Crippen LogP contribution in [0, 0.1) is 0 Å². The zero-order valence-electron chi connectivity index (χ0n) is 12.6. The molecule has 1 fully saturated rings. The number of carbonyl (C=O) groups is 2. The molecule has 3 rings (SSSR count). The van der Waals surface area contributed by atoms with E-state index in [0.717, 1.165) is 0 Å². The number of nitrogens with zero attached hydrogens (tertiary/aromatic N) is 3. The number of nitrogens with one attached hydrogen (secondary N) is 1. The summed E-state index contributed by atoms with van der Waals surface area (Å²) in [6.45, 7) is 1.09. The summed E-state index contributed by atoms with van der Waals surface area (Å²) in [5.74, 6) is -0.00790. The lowest BCUT2D eigenvalue weighted by Gasteiger charge is -2.40. The van der Waals surface area contributed by atoms with Gasteiger partial charge >= 0.3 is 5.97 Å². The molecule has 118 valence electrons. The fraction of sp³-hybridized carbons (Fsp3) is 0.250. The highest BCUT2D eigenvalue weighted by Crippen LogP contribution is 2.19. The van der Waals surface area contributed by atoms with Gasteiger partial charge in [0, 0.05) is 25.5 Å². The molecule has 1 aliphatic heterocycles. The monoisotopic (exact) mass is 312 g/mol. The lowest BCUT2D eigenvalue weighted by molar-refractivity contribution is 0.0568. The van der Waals surface area contributed by atoms with Gasteiger partial charge in [-0.1, -0.05) is 12.1 Å². The molecule has 23 heavy (non-hydrogen) atoms. The normalized spacial score (nSPS) is 14.0. The van der Waals surface area contributed by atoms with Gasteiger partial charge in [0.25, 0.3) is 5.91 Å². The van der Waals surface area contributed by atoms with E-state index in [4.69, 9.17) is 4.74 Å². The Labute approximate surface area is 133 Å². The lowest BCUT2D eigenvalue weighted by Crippen LogP contribution is -2.57. The van der Waals surface area contributed by atoms with Crippen molar-refractivity contribution in [1.29, 1.82) is 0 Å². The van der Waals surface area contributed by atoms with Crippen LogP contribution < -0.4 is 5.32 Å². The zero-order valence-corrected chi connectivity index (χ0v) is 12.6. The Kier molecular flexibility index (Phi) is 4.18. The van der Waals surface area contributed by atoms with Gasteiger partial charge in [-0.2, -0.15) is 0 Å². The molecule has 1 aliphatic rings. The number of aromatic nitrogens is 2. The van der Waals surface area contributed by atoms with Crippen molar-refractivity contribution >= 4 is 17.7 Å². The standard InChI is InChI=1S/C16H16N4O3/c1-23-16(22)13-5-3-2-4-12(13)15(21)20-9-11(10-20)19-14-8-17-6-7-18-14/h2-8,11H,9-10H2,1H3,(H,18,19). The van der Waals surface area contributed by atoms with Gasteiger partial charge in [-0.05, 0) is 12.1 Å². The highest BCUT2D eigenvalue weighted by Gasteiger charge is 2.33. The highest BCUT2D eigenvalue weighted by molar-refractivity contribution is 6.05. The second kappa shape index (κ2) is 6.43. The Morgan fingerprint density at radius 1 is 1.22 bits per heavy atom. The predicted molar refractivity (Wildman–Crippen MR) is 83.1 cm³/mol. The molecule has 0 atom stereocenters. The Morgan fingerprint density at radius 2 is 1.96 bits per heavy atom. The zero-order chi connectivity index (χ0) is 16.2. The molecule has 1 saturated heterocycles. The van der Waals surface area contributed by atoms with Gasteiger partial charge in [0.05, 0.1) is 30.5 Å². The number of hydrogen-bond acceptors (Lipinski definition) is 6. The Balaban J connectivity index is 1.64. The SMILES string of the molecule is COC(=O)c1ccccc1C(=O)N1CC(Nc2cnccn2)C1. The van der Waals surface area contributed by atoms with Crippen LogP contribution in [0.15, 0.2) is 42.9 Å². The first kappa shape index (κ1) is 15.0. The van der Waals surface area contributed by atoms with Crippen molar-refractivity contribution in [2.24, 2.45) is 0 Å². The number of hydrogen-bond donors (Lipinski definition) is 1. The van der Waals surface area contributed by atoms with E-state index in [9.17, 15) is 9.59 Å². The summed E-state index contributed by atoms with van der Waals surface area (Å²) >= 11 is 0. The number of rotatable bonds is 4. The minimum Gasteiger partial charge on any atom is -0.465 e. The van der Waals surface area contributed by atoms with Crippen LogP contribution in [0.2, 0.25) is 0 Å². The molecular weight excluding hydrogens is 296 g/mol. The van der Waals surface area contributed by atoms with Gasteiger partial charge < -0.3 is 15.0 Å². The number of ether oxygens (including phenoxy) is 1. The summed E-state index contributed by atoms with van der Waals surface area (Å²) < 4.78 is 4.72. The first-order chi connectivity index (χ1) is 11.2. The highest BCUT2D eigenvalue weighted by atomic mass is 16.5. The third-order valence-corrected chi connectivity index (χ3v) is 3.65. The van der Waals surface area contributed by atoms with Gasteiger partial charge in [0.15, 0.2) is 0 Å². The quantitative estimate of drug-likeness (QED) is 0.854. The minimum atomic E-state index is -0.510. The van der Waals surface area contributed by atoms with Crippen molar-refractivity contribution < 1.29 is 14.3 Å². The van der Waals surface area contributed by atoms with E-state index >= 15 is 0 Å². The first-order valence-corrected chi connectivity index (χ1v) is 7.18. The molecule has 2 heterocycles. The van der Waals surface area contributed by atoms with Crippen LogP contribution in [0.4, 0.5) is 5.82 Å². The van der Waals surface area contributed by atoms with E-state index < -0.39 is 5.97 Å². The third-order valence-electron chi connectivity index (χ3n) is 3.65. The van der Waals surface area contributed by atoms with Gasteiger partial charge in [-0.15, -0.1) is 0 Å². The Hall–Kier alpha value is -2.96. The second-order valence-electron chi connectivity index (χ2n) is 5.18. The number of methoxy groups -OCH3 is 1. The van der Waals surface area contributed by atoms with Crippen LogP contribution in [0.3, 0.4) is 0 Å². The van der Waals surface area contributed by atoms with E-state index in [1.165, 1.54) is 7.11 Å². The van der Waals surface area contributed by atoms with Crippen LogP contribution in [0.1, 0.15) is 20.7 Å². The first-order valence-electron chi connectivity index (χ1n) is 7.18. The summed E-state index contributed by atoms with van der Waals surface area (Å²) in [6, 6.07) is 6.79. The summed E-state index contributed by atoms with van der Waals surface area (Å²) in [7, 11) is 1.30. The molecular formula is C16H16N4O3. The van der Waals surface area contributed by atoms with E-state index in [2.05, 4.69) is 15.3 Å². The number of carbonyl (C=O) groups excluding carboxylic acids is 2. The predicted octanol–water partition coefficient (Wildman–Crippen LogP) is 1.20. The Morgan fingerprint density at radius 3 is 2.61 bits per heavy atom. The Bertz CT molecular complexity index is 714. The fourth-order valence-electron chi connectivity index (χ4n) is 2.45. The van der Waals surface area contributed by atoms with E-state index in [0.29, 0.717) is 24.5 Å². The minimum absolute atomic E-state index is 0.126. The van der Waals surface area contributed by atoms with Crippen LogP contribution in [0.25, 0.3) is 0 Å². The molecule has 7 heteroatoms. The molecule has 1 amide bonds. The van der Waals surface area contributed by atoms with Crippen molar-refractivity contribution in [2.45, 2.75) is 6.04 Å². The van der Waals surface area contributed by atoms with Gasteiger partial charge in [0.2, 0.25) is 0 Å². The maximum atomic E-state index is 12.5. The van der Waals surface area contributed by atoms with E-state index in [1.54, 1.807) is 47.8 Å². The van der Waals surface area contributed by atoms with Crippen LogP contribution in [0.5, 0.6) is 0 Å². The number of likely N-dealkylation sites (tertiary alicyclic amines) is 1. The van der Waals surface area contributed by atoms with Crippen molar-refractivity contribution in [2.75, 3.05) is 25.5 Å². The van der Waals surface area contributed by atoms with Gasteiger partial charge in [-0.3, -0.25) is 9.78 Å². The molecule has 2 aromatic rings. The number of amides is 1. The third kappa shape index (κ3) is 3.13. The number of anilines is 1. The summed E-state index contributed by atoms with van der Waals surface area (Å²) in [5.41, 5.74) is 0.641. The number of benzene rings is 1. The van der Waals surface area contributed by atoms with E-state index in [-0.39, 0.29) is 17.5 Å². The molecule has 1 aromatic heterocycles. The molecule has 0 unspecified atom stereocenters. The van der Waals surface area contributed by atoms with E-state index in [1.807, 2.05) is 0 Å². The molecule has 7 nitrogen and oxygen atoms in total. The molecule has 0 saturated carbocycles. The maximum absolute atomic E-state index is 12.5. The van der Waals surface area contributed by atoms with Crippen molar-refractivity contribution in [3.63, 3.8) is 0 Å². The smallest absolute Gasteiger partial charge is 0.338 e. The topological polar surface area (TPSA) is 84.4 Å². The van der Waals surface area contributed by atoms with Gasteiger partial charge in [-0.25, -0.2) is 9.78 Å². The molecule has 0 bridgehead atoms. The van der Waals surface area contributed by atoms with Crippen LogP contribution in [-0.4, -0.2) is 53.0 Å². The average Bonchev–Trinajstić information content (AvgIpc) is 2.57. The summed E-state index contributed by atoms with van der Waals surface area (Å²) in [6.07, 6.45) is 4.85. The molecule has 1 aromatic carbocycles. The van der Waals surface area contributed by atoms with Crippen LogP contribution in [-0.2, 0) is 4.74 Å². The molecule has 0 radical (unpaired) electrons. The van der Waals surface area contributed by atoms with Crippen molar-refractivity contribution in [3.8, 4) is 0 Å². The lowest BCUT2D eigenvalue weighted by atomic mass is 10.0. The summed E-state index contributed by atoms with van der Waals surface area (Å²) in [5, 5.41) is 3.20. The maximum Gasteiger partial charge on any atom is 0.338 e. The van der Waals surface area contributed by atoms with Gasteiger partial charge in [0.1, 0.15) is 5.82 Å². The number of esters is 1. The second-order valence-corrected chi connectivity index (χ2v) is 5.18. The largest absolute Gasteiger partial charge is 0.465 e. The summed E-state index contributed by atoms with van der Waals surface area (Å²) in [4.78, 5) is 34.1. The van der Waals surface area contributed by atoms with Crippen molar-refractivity contribution in [1.82, 2.24) is 14.9 Å². The van der Waals surface area contributed by atoms with Crippen molar-refractivity contribution in [3.05, 3.63) is 54.0 Å². The fourth-order valence-corrected chi connectivity index (χ4v) is 2.45. The molecule has 1 N–H and O–H groups in total. The molecule has 0 spiro atoms. The average molecular weight is 312 g/mol. The molecule has 0 aliphatic carbocycles.